The van der Waals surface area contributed by atoms with Crippen LogP contribution in [0.15, 0.2) is 62.9 Å². The van der Waals surface area contributed by atoms with E-state index >= 15 is 0 Å². The minimum Gasteiger partial charge on any atom is -0.496 e. The normalized spacial score (nSPS) is 12.1. The van der Waals surface area contributed by atoms with E-state index < -0.39 is 12.1 Å². The number of ether oxygens (including phenoxy) is 4. The van der Waals surface area contributed by atoms with Gasteiger partial charge in [-0.15, -0.1) is 0 Å². The number of carbonyl (C=O) groups is 1. The first-order valence-corrected chi connectivity index (χ1v) is 14.3. The molecule has 4 aromatic rings. The van der Waals surface area contributed by atoms with Crippen molar-refractivity contribution in [2.24, 2.45) is 5.10 Å². The fraction of sp³-hybridized carbons (Fsp3) is 0.312. The van der Waals surface area contributed by atoms with Gasteiger partial charge in [-0.1, -0.05) is 26.0 Å². The van der Waals surface area contributed by atoms with E-state index in [9.17, 15) is 9.59 Å². The number of carbonyl (C=O) groups excluding carboxylic acids is 1. The van der Waals surface area contributed by atoms with E-state index in [1.54, 1.807) is 51.4 Å². The molecule has 0 saturated heterocycles. The topological polar surface area (TPSA) is 101 Å². The van der Waals surface area contributed by atoms with Gasteiger partial charge in [-0.05, 0) is 90.1 Å². The van der Waals surface area contributed by atoms with Crippen molar-refractivity contribution in [3.8, 4) is 28.6 Å². The van der Waals surface area contributed by atoms with E-state index in [2.05, 4.69) is 34.9 Å². The second kappa shape index (κ2) is 13.2. The highest BCUT2D eigenvalue weighted by Crippen LogP contribution is 2.35. The summed E-state index contributed by atoms with van der Waals surface area (Å²) in [5.41, 5.74) is 3.54. The minimum atomic E-state index is -0.835. The van der Waals surface area contributed by atoms with Crippen LogP contribution < -0.4 is 19.8 Å². The van der Waals surface area contributed by atoms with Crippen molar-refractivity contribution < 1.29 is 23.7 Å². The van der Waals surface area contributed by atoms with Gasteiger partial charge in [0.15, 0.2) is 23.4 Å². The molecule has 4 rings (SSSR count). The average Bonchev–Trinajstić information content (AvgIpc) is 2.97. The number of hydrogen-bond acceptors (Lipinski definition) is 8. The molecule has 0 radical (unpaired) electrons. The first-order valence-electron chi connectivity index (χ1n) is 13.5. The summed E-state index contributed by atoms with van der Waals surface area (Å²) in [6.07, 6.45) is 0.716. The molecule has 3 aromatic carbocycles. The van der Waals surface area contributed by atoms with Crippen molar-refractivity contribution in [3.05, 3.63) is 80.0 Å². The largest absolute Gasteiger partial charge is 0.496 e. The highest BCUT2D eigenvalue weighted by atomic mass is 79.9. The summed E-state index contributed by atoms with van der Waals surface area (Å²) in [4.78, 5) is 30.7. The molecule has 1 atom stereocenters. The maximum absolute atomic E-state index is 13.8. The number of rotatable bonds is 10. The van der Waals surface area contributed by atoms with E-state index in [0.29, 0.717) is 38.3 Å². The van der Waals surface area contributed by atoms with Gasteiger partial charge in [-0.3, -0.25) is 4.79 Å². The van der Waals surface area contributed by atoms with Gasteiger partial charge >= 0.3 is 5.97 Å². The maximum Gasteiger partial charge on any atom is 0.347 e. The Hall–Kier alpha value is -4.18. The van der Waals surface area contributed by atoms with Gasteiger partial charge in [-0.2, -0.15) is 9.78 Å². The Labute approximate surface area is 253 Å². The third-order valence-electron chi connectivity index (χ3n) is 6.71. The van der Waals surface area contributed by atoms with Crippen molar-refractivity contribution >= 4 is 39.0 Å². The Bertz CT molecular complexity index is 1710. The number of aryl methyl sites for hydroxylation is 1. The molecule has 0 spiro atoms. The second-order valence-corrected chi connectivity index (χ2v) is 10.8. The van der Waals surface area contributed by atoms with Crippen molar-refractivity contribution in [1.82, 2.24) is 9.66 Å². The molecule has 220 valence electrons. The lowest BCUT2D eigenvalue weighted by Gasteiger charge is -2.18. The molecular formula is C32H34BrN3O6. The van der Waals surface area contributed by atoms with Crippen LogP contribution in [0.2, 0.25) is 0 Å². The van der Waals surface area contributed by atoms with E-state index in [1.807, 2.05) is 31.2 Å². The fourth-order valence-electron chi connectivity index (χ4n) is 4.49. The lowest BCUT2D eigenvalue weighted by atomic mass is 9.96. The summed E-state index contributed by atoms with van der Waals surface area (Å²) in [5, 5.41) is 5.07. The lowest BCUT2D eigenvalue weighted by Crippen LogP contribution is -2.26. The SMILES string of the molecule is CCOC(=O)[C@@H](C)Oc1cc(Br)c(C=Nn2c(-c3cc(C(C)C)c(OC)cc3C)nc3ccccc3c2=O)cc1OC. The van der Waals surface area contributed by atoms with Crippen LogP contribution in [-0.2, 0) is 9.53 Å². The summed E-state index contributed by atoms with van der Waals surface area (Å²) in [6.45, 7) is 9.71. The first kappa shape index (κ1) is 30.8. The van der Waals surface area contributed by atoms with E-state index in [4.69, 9.17) is 23.9 Å². The van der Waals surface area contributed by atoms with Crippen LogP contribution in [0.3, 0.4) is 0 Å². The number of nitrogens with zero attached hydrogens (tertiary/aromatic N) is 3. The number of benzene rings is 3. The summed E-state index contributed by atoms with van der Waals surface area (Å²) in [7, 11) is 3.15. The Morgan fingerprint density at radius 3 is 2.43 bits per heavy atom. The molecule has 0 aliphatic heterocycles. The number of hydrogen-bond donors (Lipinski definition) is 0. The predicted octanol–water partition coefficient (Wildman–Crippen LogP) is 6.49. The van der Waals surface area contributed by atoms with Crippen LogP contribution in [-0.4, -0.2) is 48.8 Å². The minimum absolute atomic E-state index is 0.180. The summed E-state index contributed by atoms with van der Waals surface area (Å²) in [5.74, 6) is 1.61. The molecule has 0 aliphatic rings. The standard InChI is InChI=1S/C32H34BrN3O6/c1-8-41-32(38)20(5)42-29-16-25(33)21(14-28(29)40-7)17-34-36-30(35-26-12-10-9-11-22(26)31(36)37)24-15-23(18(2)3)27(39-6)13-19(24)4/h9-18,20H,8H2,1-7H3/t20-/m1/s1. The van der Waals surface area contributed by atoms with E-state index in [-0.39, 0.29) is 18.1 Å². The average molecular weight is 637 g/mol. The zero-order valence-electron chi connectivity index (χ0n) is 24.7. The first-order chi connectivity index (χ1) is 20.1. The molecule has 1 aromatic heterocycles. The fourth-order valence-corrected chi connectivity index (χ4v) is 4.92. The third-order valence-corrected chi connectivity index (χ3v) is 7.40. The molecular weight excluding hydrogens is 602 g/mol. The van der Waals surface area contributed by atoms with Crippen LogP contribution in [0.25, 0.3) is 22.3 Å². The van der Waals surface area contributed by atoms with Crippen LogP contribution in [0.5, 0.6) is 17.2 Å². The lowest BCUT2D eigenvalue weighted by molar-refractivity contribution is -0.150. The summed E-state index contributed by atoms with van der Waals surface area (Å²) < 4.78 is 23.9. The second-order valence-electron chi connectivity index (χ2n) is 9.91. The Morgan fingerprint density at radius 2 is 1.76 bits per heavy atom. The molecule has 1 heterocycles. The van der Waals surface area contributed by atoms with Crippen LogP contribution in [0.4, 0.5) is 0 Å². The van der Waals surface area contributed by atoms with E-state index in [1.165, 1.54) is 11.8 Å². The maximum atomic E-state index is 13.8. The Morgan fingerprint density at radius 1 is 1.05 bits per heavy atom. The number of esters is 1. The highest BCUT2D eigenvalue weighted by Gasteiger charge is 2.21. The number of halogens is 1. The number of aromatic nitrogens is 2. The van der Waals surface area contributed by atoms with Crippen molar-refractivity contribution in [2.45, 2.75) is 46.6 Å². The number of fused-ring (bicyclic) bond motifs is 1. The smallest absolute Gasteiger partial charge is 0.347 e. The van der Waals surface area contributed by atoms with Crippen molar-refractivity contribution in [1.29, 1.82) is 0 Å². The van der Waals surface area contributed by atoms with Crippen molar-refractivity contribution in [3.63, 3.8) is 0 Å². The van der Waals surface area contributed by atoms with Gasteiger partial charge in [-0.25, -0.2) is 9.78 Å². The molecule has 0 unspecified atom stereocenters. The molecule has 10 heteroatoms. The molecule has 0 fully saturated rings. The summed E-state index contributed by atoms with van der Waals surface area (Å²) in [6, 6.07) is 14.5. The summed E-state index contributed by atoms with van der Waals surface area (Å²) >= 11 is 3.56. The predicted molar refractivity (Wildman–Crippen MR) is 167 cm³/mol. The molecule has 0 amide bonds. The Balaban J connectivity index is 1.85. The van der Waals surface area contributed by atoms with Crippen LogP contribution in [0, 0.1) is 6.92 Å². The van der Waals surface area contributed by atoms with E-state index in [0.717, 1.165) is 22.4 Å². The van der Waals surface area contributed by atoms with Gasteiger partial charge in [0, 0.05) is 15.6 Å². The van der Waals surface area contributed by atoms with Gasteiger partial charge in [0.2, 0.25) is 0 Å². The number of para-hydroxylation sites is 1. The molecule has 42 heavy (non-hydrogen) atoms. The van der Waals surface area contributed by atoms with Crippen molar-refractivity contribution in [2.75, 3.05) is 20.8 Å². The van der Waals surface area contributed by atoms with Gasteiger partial charge in [0.05, 0.1) is 37.9 Å². The van der Waals surface area contributed by atoms with Gasteiger partial charge in [0.25, 0.3) is 5.56 Å². The quantitative estimate of drug-likeness (QED) is 0.145. The van der Waals surface area contributed by atoms with Crippen LogP contribution >= 0.6 is 15.9 Å². The zero-order valence-corrected chi connectivity index (χ0v) is 26.3. The zero-order chi connectivity index (χ0) is 30.6. The molecule has 0 saturated carbocycles. The van der Waals surface area contributed by atoms with Gasteiger partial charge < -0.3 is 18.9 Å². The van der Waals surface area contributed by atoms with Gasteiger partial charge in [0.1, 0.15) is 5.75 Å². The molecule has 9 nitrogen and oxygen atoms in total. The molecule has 0 bridgehead atoms. The highest BCUT2D eigenvalue weighted by molar-refractivity contribution is 9.10. The Kier molecular flexibility index (Phi) is 9.67. The molecule has 0 aliphatic carbocycles. The third kappa shape index (κ3) is 6.33. The number of methoxy groups -OCH3 is 2. The molecule has 0 N–H and O–H groups in total. The van der Waals surface area contributed by atoms with Crippen LogP contribution in [0.1, 0.15) is 50.3 Å². The monoisotopic (exact) mass is 635 g/mol.